The molecule has 1 spiro atoms. The topological polar surface area (TPSA) is 66.4 Å². The summed E-state index contributed by atoms with van der Waals surface area (Å²) in [5.41, 5.74) is 0.281. The average molecular weight is 466 g/mol. The van der Waals surface area contributed by atoms with Crippen LogP contribution in [0.1, 0.15) is 25.7 Å². The molecule has 3 saturated heterocycles. The Balaban J connectivity index is 0.00000225. The first kappa shape index (κ1) is 20.7. The van der Waals surface area contributed by atoms with E-state index in [9.17, 15) is 4.79 Å². The zero-order valence-corrected chi connectivity index (χ0v) is 17.7. The van der Waals surface area contributed by atoms with Crippen molar-refractivity contribution in [3.05, 3.63) is 0 Å². The number of nitrogens with zero attached hydrogens (tertiary/aromatic N) is 3. The first-order valence-corrected chi connectivity index (χ1v) is 9.00. The number of nitrogens with one attached hydrogen (secondary N) is 1. The summed E-state index contributed by atoms with van der Waals surface area (Å²) in [6.45, 7) is 5.45. The molecule has 8 heteroatoms. The monoisotopic (exact) mass is 466 g/mol. The smallest absolute Gasteiger partial charge is 0.243 e. The minimum absolute atomic E-state index is 0. The Bertz CT molecular complexity index is 475. The standard InChI is InChI=1S/C17H30N4O3.HI/c1-20(2)15(22)11-18-16(19-14-3-8-23-9-4-14)21-7-5-17(12-21)6-10-24-13-17;/h14H,3-13H2,1-2H3,(H,18,19);1H. The number of hydrogen-bond donors (Lipinski definition) is 1. The van der Waals surface area contributed by atoms with Gasteiger partial charge < -0.3 is 24.6 Å². The first-order chi connectivity index (χ1) is 11.6. The average Bonchev–Trinajstić information content (AvgIpc) is 3.22. The lowest BCUT2D eigenvalue weighted by Gasteiger charge is -2.30. The molecule has 0 aliphatic carbocycles. The molecule has 1 unspecified atom stereocenters. The quantitative estimate of drug-likeness (QED) is 0.381. The summed E-state index contributed by atoms with van der Waals surface area (Å²) in [6.07, 6.45) is 4.25. The number of halogens is 1. The zero-order valence-electron chi connectivity index (χ0n) is 15.3. The predicted molar refractivity (Wildman–Crippen MR) is 107 cm³/mol. The molecular formula is C17H31IN4O3. The molecule has 0 aromatic carbocycles. The molecule has 1 N–H and O–H groups in total. The number of guanidine groups is 1. The molecule has 7 nitrogen and oxygen atoms in total. The van der Waals surface area contributed by atoms with Crippen molar-refractivity contribution in [2.24, 2.45) is 10.4 Å². The molecule has 0 radical (unpaired) electrons. The van der Waals surface area contributed by atoms with Gasteiger partial charge in [-0.15, -0.1) is 24.0 Å². The predicted octanol–water partition coefficient (Wildman–Crippen LogP) is 0.930. The van der Waals surface area contributed by atoms with Crippen LogP contribution >= 0.6 is 24.0 Å². The van der Waals surface area contributed by atoms with E-state index in [1.807, 2.05) is 0 Å². The van der Waals surface area contributed by atoms with Crippen LogP contribution in [0.25, 0.3) is 0 Å². The lowest BCUT2D eigenvalue weighted by atomic mass is 9.87. The molecule has 144 valence electrons. The highest BCUT2D eigenvalue weighted by molar-refractivity contribution is 14.0. The van der Waals surface area contributed by atoms with Gasteiger partial charge in [-0.1, -0.05) is 0 Å². The highest BCUT2D eigenvalue weighted by Gasteiger charge is 2.42. The molecule has 0 aromatic rings. The lowest BCUT2D eigenvalue weighted by Crippen LogP contribution is -2.48. The Morgan fingerprint density at radius 1 is 1.24 bits per heavy atom. The number of carbonyl (C=O) groups excluding carboxylic acids is 1. The van der Waals surface area contributed by atoms with Crippen LogP contribution in [-0.4, -0.2) is 87.9 Å². The number of aliphatic imine (C=N–C) groups is 1. The molecule has 0 saturated carbocycles. The van der Waals surface area contributed by atoms with E-state index in [0.717, 1.165) is 71.2 Å². The van der Waals surface area contributed by atoms with Crippen LogP contribution in [0.5, 0.6) is 0 Å². The number of rotatable bonds is 3. The summed E-state index contributed by atoms with van der Waals surface area (Å²) in [5.74, 6) is 0.903. The maximum atomic E-state index is 11.9. The van der Waals surface area contributed by atoms with Crippen LogP contribution in [0.15, 0.2) is 4.99 Å². The van der Waals surface area contributed by atoms with Crippen LogP contribution in [-0.2, 0) is 14.3 Å². The van der Waals surface area contributed by atoms with Crippen molar-refractivity contribution >= 4 is 35.8 Å². The molecule has 1 atom stereocenters. The molecule has 3 rings (SSSR count). The fourth-order valence-corrected chi connectivity index (χ4v) is 3.63. The Labute approximate surface area is 167 Å². The molecule has 3 aliphatic rings. The van der Waals surface area contributed by atoms with Crippen molar-refractivity contribution in [1.82, 2.24) is 15.1 Å². The van der Waals surface area contributed by atoms with Crippen molar-refractivity contribution < 1.29 is 14.3 Å². The van der Waals surface area contributed by atoms with E-state index in [1.54, 1.807) is 19.0 Å². The van der Waals surface area contributed by atoms with E-state index in [-0.39, 0.29) is 41.8 Å². The van der Waals surface area contributed by atoms with E-state index in [1.165, 1.54) is 0 Å². The first-order valence-electron chi connectivity index (χ1n) is 9.00. The van der Waals surface area contributed by atoms with Gasteiger partial charge in [0.25, 0.3) is 0 Å². The van der Waals surface area contributed by atoms with Crippen molar-refractivity contribution in [2.75, 3.05) is 60.2 Å². The molecule has 3 heterocycles. The summed E-state index contributed by atoms with van der Waals surface area (Å²) < 4.78 is 11.1. The van der Waals surface area contributed by atoms with Gasteiger partial charge in [-0.3, -0.25) is 4.79 Å². The third kappa shape index (κ3) is 5.43. The molecule has 3 aliphatic heterocycles. The molecule has 0 aromatic heterocycles. The third-order valence-corrected chi connectivity index (χ3v) is 5.34. The third-order valence-electron chi connectivity index (χ3n) is 5.34. The summed E-state index contributed by atoms with van der Waals surface area (Å²) in [7, 11) is 3.54. The maximum Gasteiger partial charge on any atom is 0.243 e. The minimum Gasteiger partial charge on any atom is -0.381 e. The highest BCUT2D eigenvalue weighted by atomic mass is 127. The number of amides is 1. The fourth-order valence-electron chi connectivity index (χ4n) is 3.63. The van der Waals surface area contributed by atoms with Crippen LogP contribution in [0.2, 0.25) is 0 Å². The van der Waals surface area contributed by atoms with Gasteiger partial charge in [0, 0.05) is 58.5 Å². The van der Waals surface area contributed by atoms with E-state index >= 15 is 0 Å². The minimum atomic E-state index is 0. The Kier molecular flexibility index (Phi) is 7.75. The summed E-state index contributed by atoms with van der Waals surface area (Å²) in [4.78, 5) is 20.5. The number of carbonyl (C=O) groups is 1. The van der Waals surface area contributed by atoms with Gasteiger partial charge >= 0.3 is 0 Å². The zero-order chi connectivity index (χ0) is 17.0. The number of ether oxygens (including phenoxy) is 2. The number of hydrogen-bond acceptors (Lipinski definition) is 4. The maximum absolute atomic E-state index is 11.9. The van der Waals surface area contributed by atoms with Crippen LogP contribution in [0.4, 0.5) is 0 Å². The largest absolute Gasteiger partial charge is 0.381 e. The molecule has 0 bridgehead atoms. The van der Waals surface area contributed by atoms with E-state index in [0.29, 0.717) is 6.04 Å². The van der Waals surface area contributed by atoms with Gasteiger partial charge in [-0.25, -0.2) is 4.99 Å². The Morgan fingerprint density at radius 3 is 2.64 bits per heavy atom. The molecule has 1 amide bonds. The van der Waals surface area contributed by atoms with Crippen molar-refractivity contribution in [1.29, 1.82) is 0 Å². The highest BCUT2D eigenvalue weighted by Crippen LogP contribution is 2.38. The fraction of sp³-hybridized carbons (Fsp3) is 0.882. The summed E-state index contributed by atoms with van der Waals surface area (Å²) in [5, 5.41) is 3.58. The van der Waals surface area contributed by atoms with E-state index in [2.05, 4.69) is 15.2 Å². The summed E-state index contributed by atoms with van der Waals surface area (Å²) >= 11 is 0. The van der Waals surface area contributed by atoms with Gasteiger partial charge in [0.15, 0.2) is 5.96 Å². The van der Waals surface area contributed by atoms with Gasteiger partial charge in [-0.05, 0) is 25.7 Å². The van der Waals surface area contributed by atoms with Crippen LogP contribution in [0, 0.1) is 5.41 Å². The second kappa shape index (κ2) is 9.36. The lowest BCUT2D eigenvalue weighted by molar-refractivity contribution is -0.127. The molecular weight excluding hydrogens is 435 g/mol. The summed E-state index contributed by atoms with van der Waals surface area (Å²) in [6, 6.07) is 0.378. The van der Waals surface area contributed by atoms with Gasteiger partial charge in [0.1, 0.15) is 6.54 Å². The normalized spacial score (nSPS) is 27.4. The van der Waals surface area contributed by atoms with Crippen molar-refractivity contribution in [2.45, 2.75) is 31.7 Å². The second-order valence-electron chi connectivity index (χ2n) is 7.43. The second-order valence-corrected chi connectivity index (χ2v) is 7.43. The van der Waals surface area contributed by atoms with E-state index in [4.69, 9.17) is 9.47 Å². The molecule has 25 heavy (non-hydrogen) atoms. The number of likely N-dealkylation sites (tertiary alicyclic amines) is 1. The van der Waals surface area contributed by atoms with Crippen molar-refractivity contribution in [3.63, 3.8) is 0 Å². The Hall–Kier alpha value is -0.610. The SMILES string of the molecule is CN(C)C(=O)CN=C(NC1CCOCC1)N1CCC2(CCOC2)C1.I. The number of likely N-dealkylation sites (N-methyl/N-ethyl adjacent to an activating group) is 1. The van der Waals surface area contributed by atoms with Crippen LogP contribution < -0.4 is 5.32 Å². The van der Waals surface area contributed by atoms with Gasteiger partial charge in [0.05, 0.1) is 6.61 Å². The van der Waals surface area contributed by atoms with Gasteiger partial charge in [0.2, 0.25) is 5.91 Å². The molecule has 3 fully saturated rings. The van der Waals surface area contributed by atoms with Crippen molar-refractivity contribution in [3.8, 4) is 0 Å². The Morgan fingerprint density at radius 2 is 2.00 bits per heavy atom. The van der Waals surface area contributed by atoms with Gasteiger partial charge in [-0.2, -0.15) is 0 Å². The van der Waals surface area contributed by atoms with E-state index < -0.39 is 0 Å². The van der Waals surface area contributed by atoms with Crippen LogP contribution in [0.3, 0.4) is 0 Å².